The van der Waals surface area contributed by atoms with E-state index >= 15 is 0 Å². The molecule has 0 unspecified atom stereocenters. The Bertz CT molecular complexity index is 245. The zero-order valence-electron chi connectivity index (χ0n) is 8.67. The summed E-state index contributed by atoms with van der Waals surface area (Å²) in [6.07, 6.45) is 4.60. The normalized spacial score (nSPS) is 17.3. The summed E-state index contributed by atoms with van der Waals surface area (Å²) in [5.74, 6) is -0.681. The van der Waals surface area contributed by atoms with Gasteiger partial charge in [-0.15, -0.1) is 0 Å². The monoisotopic (exact) mass is 197 g/mol. The molecule has 1 radical (unpaired) electrons. The first-order valence-electron chi connectivity index (χ1n) is 4.88. The molecule has 0 bridgehead atoms. The molecule has 0 saturated heterocycles. The highest BCUT2D eigenvalue weighted by atomic mass is 16.2. The van der Waals surface area contributed by atoms with Gasteiger partial charge in [0, 0.05) is 6.04 Å². The van der Waals surface area contributed by atoms with Crippen LogP contribution in [0, 0.1) is 11.8 Å². The molecule has 2 amide bonds. The summed E-state index contributed by atoms with van der Waals surface area (Å²) in [6, 6.07) is 0.294. The third kappa shape index (κ3) is 2.72. The van der Waals surface area contributed by atoms with Gasteiger partial charge in [-0.2, -0.15) is 0 Å². The number of rotatable bonds is 4. The second kappa shape index (κ2) is 3.98. The van der Waals surface area contributed by atoms with E-state index < -0.39 is 11.3 Å². The molecule has 14 heavy (non-hydrogen) atoms. The molecule has 4 nitrogen and oxygen atoms in total. The number of hydrogen-bond acceptors (Lipinski definition) is 2. The lowest BCUT2D eigenvalue weighted by Gasteiger charge is -2.28. The van der Waals surface area contributed by atoms with Gasteiger partial charge in [0.2, 0.25) is 11.8 Å². The predicted octanol–water partition coefficient (Wildman–Crippen LogP) is 0.371. The summed E-state index contributed by atoms with van der Waals surface area (Å²) in [6.45, 7) is 3.27. The largest absolute Gasteiger partial charge is 0.369 e. The molecule has 0 heterocycles. The Labute approximate surface area is 84.2 Å². The Morgan fingerprint density at radius 2 is 2.00 bits per heavy atom. The number of nitrogens with two attached hydrogens (primary N) is 1. The molecule has 1 aliphatic rings. The van der Waals surface area contributed by atoms with E-state index in [0.29, 0.717) is 6.04 Å². The number of carbonyl (C=O) groups is 2. The van der Waals surface area contributed by atoms with Gasteiger partial charge in [0.25, 0.3) is 0 Å². The van der Waals surface area contributed by atoms with Crippen LogP contribution in [0.25, 0.3) is 0 Å². The van der Waals surface area contributed by atoms with Gasteiger partial charge in [-0.3, -0.25) is 9.59 Å². The summed E-state index contributed by atoms with van der Waals surface area (Å²) in [4.78, 5) is 22.3. The number of hydrogen-bond donors (Lipinski definition) is 2. The predicted molar refractivity (Wildman–Crippen MR) is 53.1 cm³/mol. The van der Waals surface area contributed by atoms with Crippen molar-refractivity contribution in [2.45, 2.75) is 39.2 Å². The van der Waals surface area contributed by atoms with Crippen molar-refractivity contribution in [3.63, 3.8) is 0 Å². The highest BCUT2D eigenvalue weighted by Crippen LogP contribution is 2.21. The maximum Gasteiger partial charge on any atom is 0.225 e. The van der Waals surface area contributed by atoms with Crippen molar-refractivity contribution in [2.24, 2.45) is 11.1 Å². The number of primary amides is 1. The zero-order chi connectivity index (χ0) is 10.8. The third-order valence-corrected chi connectivity index (χ3v) is 2.58. The molecule has 0 aromatic rings. The van der Waals surface area contributed by atoms with Gasteiger partial charge in [0.05, 0.1) is 11.8 Å². The molecule has 79 valence electrons. The Balaban J connectivity index is 2.35. The van der Waals surface area contributed by atoms with Crippen LogP contribution in [0.2, 0.25) is 0 Å². The molecule has 4 heteroatoms. The minimum atomic E-state index is -0.867. The number of nitrogens with one attached hydrogen (secondary N) is 1. The van der Waals surface area contributed by atoms with Crippen LogP contribution in [-0.4, -0.2) is 17.9 Å². The Morgan fingerprint density at radius 3 is 2.36 bits per heavy atom. The Kier molecular flexibility index (Phi) is 3.13. The fourth-order valence-electron chi connectivity index (χ4n) is 1.19. The lowest BCUT2D eigenvalue weighted by atomic mass is 9.87. The molecular formula is C10H17N2O2. The molecule has 0 atom stereocenters. The van der Waals surface area contributed by atoms with E-state index in [1.165, 1.54) is 12.8 Å². The van der Waals surface area contributed by atoms with Gasteiger partial charge in [-0.1, -0.05) is 13.8 Å². The summed E-state index contributed by atoms with van der Waals surface area (Å²) in [5.41, 5.74) is 4.28. The van der Waals surface area contributed by atoms with E-state index in [4.69, 9.17) is 5.73 Å². The van der Waals surface area contributed by atoms with Crippen LogP contribution in [-0.2, 0) is 9.59 Å². The van der Waals surface area contributed by atoms with Crippen molar-refractivity contribution in [2.75, 3.05) is 0 Å². The fraction of sp³-hybridized carbons (Fsp3) is 0.700. The van der Waals surface area contributed by atoms with Crippen LogP contribution in [0.4, 0.5) is 0 Å². The molecular weight excluding hydrogens is 180 g/mol. The van der Waals surface area contributed by atoms with Crippen molar-refractivity contribution in [3.8, 4) is 0 Å². The smallest absolute Gasteiger partial charge is 0.225 e. The molecule has 0 aromatic carbocycles. The standard InChI is InChI=1S/C10H17N2O2/c1-10(2,9(11)14)6-8(13)12-7-4-3-5-7/h6-7H,3-5H2,1-2H3,(H2,11,14)(H,12,13). The van der Waals surface area contributed by atoms with Crippen molar-refractivity contribution in [3.05, 3.63) is 6.42 Å². The van der Waals surface area contributed by atoms with Gasteiger partial charge in [-0.05, 0) is 19.3 Å². The van der Waals surface area contributed by atoms with E-state index in [-0.39, 0.29) is 5.91 Å². The van der Waals surface area contributed by atoms with Crippen LogP contribution < -0.4 is 11.1 Å². The molecule has 1 saturated carbocycles. The molecule has 1 rings (SSSR count). The van der Waals surface area contributed by atoms with Crippen molar-refractivity contribution < 1.29 is 9.59 Å². The first-order chi connectivity index (χ1) is 6.42. The molecule has 1 aliphatic carbocycles. The fourth-order valence-corrected chi connectivity index (χ4v) is 1.19. The summed E-state index contributed by atoms with van der Waals surface area (Å²) >= 11 is 0. The first-order valence-corrected chi connectivity index (χ1v) is 4.88. The summed E-state index contributed by atoms with van der Waals surface area (Å²) < 4.78 is 0. The van der Waals surface area contributed by atoms with Gasteiger partial charge in [0.15, 0.2) is 0 Å². The minimum Gasteiger partial charge on any atom is -0.369 e. The average molecular weight is 197 g/mol. The van der Waals surface area contributed by atoms with Gasteiger partial charge in [0.1, 0.15) is 0 Å². The zero-order valence-corrected chi connectivity index (χ0v) is 8.67. The summed E-state index contributed by atoms with van der Waals surface area (Å²) in [7, 11) is 0. The Morgan fingerprint density at radius 1 is 1.43 bits per heavy atom. The highest BCUT2D eigenvalue weighted by Gasteiger charge is 2.30. The van der Waals surface area contributed by atoms with Crippen LogP contribution in [0.3, 0.4) is 0 Å². The number of carbonyl (C=O) groups excluding carboxylic acids is 2. The molecule has 0 aromatic heterocycles. The quantitative estimate of drug-likeness (QED) is 0.683. The Hall–Kier alpha value is -1.06. The second-order valence-corrected chi connectivity index (χ2v) is 4.37. The van der Waals surface area contributed by atoms with Crippen LogP contribution in [0.5, 0.6) is 0 Å². The van der Waals surface area contributed by atoms with Crippen LogP contribution >= 0.6 is 0 Å². The van der Waals surface area contributed by atoms with E-state index in [9.17, 15) is 9.59 Å². The van der Waals surface area contributed by atoms with E-state index in [0.717, 1.165) is 12.8 Å². The molecule has 0 aliphatic heterocycles. The van der Waals surface area contributed by atoms with Crippen molar-refractivity contribution in [1.82, 2.24) is 5.32 Å². The second-order valence-electron chi connectivity index (χ2n) is 4.37. The molecule has 0 spiro atoms. The van der Waals surface area contributed by atoms with Crippen LogP contribution in [0.15, 0.2) is 0 Å². The van der Waals surface area contributed by atoms with Crippen molar-refractivity contribution in [1.29, 1.82) is 0 Å². The first kappa shape index (κ1) is 11.0. The maximum atomic E-state index is 11.4. The minimum absolute atomic E-state index is 0.196. The lowest BCUT2D eigenvalue weighted by molar-refractivity contribution is -0.128. The van der Waals surface area contributed by atoms with E-state index in [2.05, 4.69) is 5.32 Å². The van der Waals surface area contributed by atoms with E-state index in [1.54, 1.807) is 13.8 Å². The lowest BCUT2D eigenvalue weighted by Crippen LogP contribution is -2.44. The SMILES string of the molecule is CC(C)([CH]C(=O)NC1CCC1)C(N)=O. The maximum absolute atomic E-state index is 11.4. The van der Waals surface area contributed by atoms with Gasteiger partial charge >= 0.3 is 0 Å². The van der Waals surface area contributed by atoms with Gasteiger partial charge < -0.3 is 11.1 Å². The average Bonchev–Trinajstić information content (AvgIpc) is 1.96. The van der Waals surface area contributed by atoms with Gasteiger partial charge in [-0.25, -0.2) is 0 Å². The third-order valence-electron chi connectivity index (χ3n) is 2.58. The summed E-state index contributed by atoms with van der Waals surface area (Å²) in [5, 5.41) is 2.83. The number of amides is 2. The molecule has 1 fully saturated rings. The highest BCUT2D eigenvalue weighted by molar-refractivity contribution is 5.94. The molecule has 3 N–H and O–H groups in total. The topological polar surface area (TPSA) is 72.2 Å². The van der Waals surface area contributed by atoms with E-state index in [1.807, 2.05) is 0 Å². The van der Waals surface area contributed by atoms with Crippen LogP contribution in [0.1, 0.15) is 33.1 Å². The van der Waals surface area contributed by atoms with Crippen molar-refractivity contribution >= 4 is 11.8 Å².